The Morgan fingerprint density at radius 3 is 2.79 bits per heavy atom. The maximum Gasteiger partial charge on any atom is 0.222 e. The van der Waals surface area contributed by atoms with Crippen LogP contribution in [0.4, 0.5) is 0 Å². The van der Waals surface area contributed by atoms with Crippen LogP contribution in [0.25, 0.3) is 5.65 Å². The van der Waals surface area contributed by atoms with E-state index in [0.29, 0.717) is 18.3 Å². The Kier molecular flexibility index (Phi) is 6.92. The lowest BCUT2D eigenvalue weighted by Crippen LogP contribution is -2.38. The summed E-state index contributed by atoms with van der Waals surface area (Å²) in [4.78, 5) is 21.1. The molecule has 0 saturated carbocycles. The van der Waals surface area contributed by atoms with E-state index in [0.717, 1.165) is 62.6 Å². The van der Waals surface area contributed by atoms with Crippen LogP contribution in [0, 0.1) is 12.8 Å². The number of aryl methyl sites for hydroxylation is 1. The van der Waals surface area contributed by atoms with Crippen molar-refractivity contribution in [1.29, 1.82) is 0 Å². The number of rotatable bonds is 7. The van der Waals surface area contributed by atoms with Crippen LogP contribution >= 0.6 is 0 Å². The summed E-state index contributed by atoms with van der Waals surface area (Å²) in [6.45, 7) is 7.71. The van der Waals surface area contributed by atoms with E-state index in [9.17, 15) is 4.79 Å². The third-order valence-electron chi connectivity index (χ3n) is 7.51. The second-order valence-electron chi connectivity index (χ2n) is 10.0. The van der Waals surface area contributed by atoms with Crippen molar-refractivity contribution in [3.63, 3.8) is 0 Å². The van der Waals surface area contributed by atoms with Crippen molar-refractivity contribution < 1.29 is 4.79 Å². The Morgan fingerprint density at radius 2 is 1.97 bits per heavy atom. The number of carbonyl (C=O) groups excluding carboxylic acids is 1. The number of aromatic nitrogens is 3. The predicted molar refractivity (Wildman–Crippen MR) is 133 cm³/mol. The van der Waals surface area contributed by atoms with Crippen LogP contribution in [0.2, 0.25) is 0 Å². The topological polar surface area (TPSA) is 65.8 Å². The van der Waals surface area contributed by atoms with E-state index in [1.54, 1.807) is 0 Å². The lowest BCUT2D eigenvalue weighted by atomic mass is 9.94. The zero-order valence-electron chi connectivity index (χ0n) is 20.4. The molecule has 0 aliphatic carbocycles. The van der Waals surface area contributed by atoms with E-state index in [4.69, 9.17) is 10.1 Å². The van der Waals surface area contributed by atoms with Crippen molar-refractivity contribution in [2.24, 2.45) is 5.92 Å². The Labute approximate surface area is 202 Å². The van der Waals surface area contributed by atoms with Crippen molar-refractivity contribution in [3.05, 3.63) is 65.1 Å². The Morgan fingerprint density at radius 1 is 1.12 bits per heavy atom. The van der Waals surface area contributed by atoms with Gasteiger partial charge in [0.15, 0.2) is 5.65 Å². The van der Waals surface area contributed by atoms with Gasteiger partial charge in [-0.15, -0.1) is 0 Å². The quantitative estimate of drug-likeness (QED) is 0.586. The van der Waals surface area contributed by atoms with Crippen molar-refractivity contribution >= 4 is 11.6 Å². The maximum atomic E-state index is 12.0. The van der Waals surface area contributed by atoms with Crippen molar-refractivity contribution in [1.82, 2.24) is 29.7 Å². The summed E-state index contributed by atoms with van der Waals surface area (Å²) in [6.07, 6.45) is 6.03. The van der Waals surface area contributed by atoms with E-state index >= 15 is 0 Å². The first-order valence-electron chi connectivity index (χ1n) is 12.6. The van der Waals surface area contributed by atoms with Crippen LogP contribution in [0.5, 0.6) is 0 Å². The molecule has 7 nitrogen and oxygen atoms in total. The van der Waals surface area contributed by atoms with Gasteiger partial charge in [0.2, 0.25) is 5.91 Å². The zero-order chi connectivity index (χ0) is 23.5. The highest BCUT2D eigenvalue weighted by Gasteiger charge is 2.26. The third-order valence-corrected chi connectivity index (χ3v) is 7.51. The number of benzene rings is 1. The van der Waals surface area contributed by atoms with Gasteiger partial charge in [-0.2, -0.15) is 5.10 Å². The summed E-state index contributed by atoms with van der Waals surface area (Å²) in [5, 5.41) is 8.51. The van der Waals surface area contributed by atoms with Crippen LogP contribution in [0.3, 0.4) is 0 Å². The summed E-state index contributed by atoms with van der Waals surface area (Å²) in [6, 6.07) is 12.9. The fourth-order valence-corrected chi connectivity index (χ4v) is 5.49. The number of nitrogens with one attached hydrogen (secondary N) is 1. The molecule has 2 aliphatic rings. The van der Waals surface area contributed by atoms with Gasteiger partial charge >= 0.3 is 0 Å². The fourth-order valence-electron chi connectivity index (χ4n) is 5.49. The highest BCUT2D eigenvalue weighted by Crippen LogP contribution is 2.29. The summed E-state index contributed by atoms with van der Waals surface area (Å²) in [7, 11) is 1.89. The molecule has 1 N–H and O–H groups in total. The lowest BCUT2D eigenvalue weighted by Gasteiger charge is -2.33. The van der Waals surface area contributed by atoms with Crippen LogP contribution in [-0.4, -0.2) is 63.5 Å². The number of fused-ring (bicyclic) bond motifs is 1. The molecule has 2 aromatic heterocycles. The Balaban J connectivity index is 1.27. The van der Waals surface area contributed by atoms with Gasteiger partial charge in [0.25, 0.3) is 0 Å². The first-order chi connectivity index (χ1) is 16.6. The maximum absolute atomic E-state index is 12.0. The molecule has 180 valence electrons. The van der Waals surface area contributed by atoms with E-state index in [1.807, 2.05) is 18.1 Å². The zero-order valence-corrected chi connectivity index (χ0v) is 20.4. The Hall–Kier alpha value is -2.77. The normalized spacial score (nSPS) is 21.9. The molecule has 4 heterocycles. The molecular weight excluding hydrogens is 424 g/mol. The molecule has 0 radical (unpaired) electrons. The van der Waals surface area contributed by atoms with Gasteiger partial charge < -0.3 is 10.2 Å². The smallest absolute Gasteiger partial charge is 0.222 e. The highest BCUT2D eigenvalue weighted by atomic mass is 16.2. The number of carbonyl (C=O) groups is 1. The molecule has 1 amide bonds. The number of amides is 1. The first kappa shape index (κ1) is 23.0. The van der Waals surface area contributed by atoms with Gasteiger partial charge in [0.1, 0.15) is 0 Å². The number of hydrogen-bond acceptors (Lipinski definition) is 5. The summed E-state index contributed by atoms with van der Waals surface area (Å²) >= 11 is 0. The molecule has 2 atom stereocenters. The van der Waals surface area contributed by atoms with E-state index in [1.165, 1.54) is 24.1 Å². The minimum Gasteiger partial charge on any atom is -0.346 e. The second kappa shape index (κ2) is 10.2. The van der Waals surface area contributed by atoms with E-state index in [-0.39, 0.29) is 5.91 Å². The molecule has 2 fully saturated rings. The van der Waals surface area contributed by atoms with E-state index in [2.05, 4.69) is 58.1 Å². The van der Waals surface area contributed by atoms with Crippen molar-refractivity contribution in [2.45, 2.75) is 51.6 Å². The number of nitrogens with zero attached hydrogens (tertiary/aromatic N) is 5. The average molecular weight is 461 g/mol. The molecule has 0 unspecified atom stereocenters. The van der Waals surface area contributed by atoms with Crippen LogP contribution in [0.15, 0.2) is 42.6 Å². The standard InChI is InChI=1S/C27H36N6O/c1-20-24(17-28-16-22-11-14-31(2)26(34)15-22)27-29-12-10-25(33(27)30-20)23-9-6-13-32(19-23)18-21-7-4-3-5-8-21/h3-5,7-8,10,12,22-23,28H,6,9,11,13-19H2,1-2H3/t22-,23-/m0/s1. The monoisotopic (exact) mass is 460 g/mol. The largest absolute Gasteiger partial charge is 0.346 e. The second-order valence-corrected chi connectivity index (χ2v) is 10.0. The number of likely N-dealkylation sites (tertiary alicyclic amines) is 2. The summed E-state index contributed by atoms with van der Waals surface area (Å²) in [5.74, 6) is 1.12. The van der Waals surface area contributed by atoms with Crippen LogP contribution in [-0.2, 0) is 17.9 Å². The first-order valence-corrected chi connectivity index (χ1v) is 12.6. The number of hydrogen-bond donors (Lipinski definition) is 1. The molecule has 5 rings (SSSR count). The predicted octanol–water partition coefficient (Wildman–Crippen LogP) is 3.38. The summed E-state index contributed by atoms with van der Waals surface area (Å²) < 4.78 is 2.09. The van der Waals surface area contributed by atoms with Gasteiger partial charge in [0.05, 0.1) is 11.4 Å². The van der Waals surface area contributed by atoms with Crippen LogP contribution in [0.1, 0.15) is 54.1 Å². The van der Waals surface area contributed by atoms with Crippen molar-refractivity contribution in [3.8, 4) is 0 Å². The average Bonchev–Trinajstić information content (AvgIpc) is 3.17. The molecule has 1 aromatic carbocycles. The molecule has 0 bridgehead atoms. The highest BCUT2D eigenvalue weighted by molar-refractivity contribution is 5.76. The van der Waals surface area contributed by atoms with E-state index < -0.39 is 0 Å². The Bertz CT molecular complexity index is 1130. The molecule has 34 heavy (non-hydrogen) atoms. The molecule has 7 heteroatoms. The lowest BCUT2D eigenvalue weighted by molar-refractivity contribution is -0.133. The third kappa shape index (κ3) is 5.00. The van der Waals surface area contributed by atoms with Crippen LogP contribution < -0.4 is 5.32 Å². The molecule has 2 saturated heterocycles. The van der Waals surface area contributed by atoms with Gasteiger partial charge in [0, 0.05) is 57.3 Å². The SMILES string of the molecule is Cc1nn2c([C@H]3CCCN(Cc4ccccc4)C3)ccnc2c1CNC[C@H]1CCN(C)C(=O)C1. The fraction of sp³-hybridized carbons (Fsp3) is 0.519. The number of piperidine rings is 2. The van der Waals surface area contributed by atoms with Gasteiger partial charge in [-0.3, -0.25) is 9.69 Å². The van der Waals surface area contributed by atoms with Gasteiger partial charge in [-0.05, 0) is 56.8 Å². The molecule has 0 spiro atoms. The van der Waals surface area contributed by atoms with Gasteiger partial charge in [-0.25, -0.2) is 9.50 Å². The van der Waals surface area contributed by atoms with Gasteiger partial charge in [-0.1, -0.05) is 30.3 Å². The summed E-state index contributed by atoms with van der Waals surface area (Å²) in [5.41, 5.74) is 5.79. The minimum absolute atomic E-state index is 0.255. The molecule has 2 aliphatic heterocycles. The minimum atomic E-state index is 0.255. The molecule has 3 aromatic rings. The van der Waals surface area contributed by atoms with Crippen molar-refractivity contribution in [2.75, 3.05) is 33.2 Å². The molecular formula is C27H36N6O.